The number of anilines is 2. The summed E-state index contributed by atoms with van der Waals surface area (Å²) in [6, 6.07) is 13.9. The summed E-state index contributed by atoms with van der Waals surface area (Å²) < 4.78 is 47.8. The Morgan fingerprint density at radius 3 is 2.14 bits per heavy atom. The summed E-state index contributed by atoms with van der Waals surface area (Å²) in [5, 5.41) is 3.85. The number of hydrogen-bond acceptors (Lipinski definition) is 5. The Morgan fingerprint density at radius 1 is 0.919 bits per heavy atom. The minimum atomic E-state index is -4.67. The quantitative estimate of drug-likeness (QED) is 0.462. The number of benzene rings is 2. The Bertz CT molecular complexity index is 1330. The summed E-state index contributed by atoms with van der Waals surface area (Å²) in [7, 11) is 1.50. The van der Waals surface area contributed by atoms with Gasteiger partial charge in [0.15, 0.2) is 5.69 Å². The molecule has 10 heteroatoms. The smallest absolute Gasteiger partial charge is 0.435 e. The van der Waals surface area contributed by atoms with Crippen LogP contribution in [0.25, 0.3) is 5.69 Å². The van der Waals surface area contributed by atoms with Gasteiger partial charge in [-0.3, -0.25) is 9.79 Å². The third-order valence-corrected chi connectivity index (χ3v) is 6.68. The van der Waals surface area contributed by atoms with E-state index in [1.807, 2.05) is 24.3 Å². The van der Waals surface area contributed by atoms with Crippen molar-refractivity contribution in [2.24, 2.45) is 10.9 Å². The van der Waals surface area contributed by atoms with E-state index in [1.54, 1.807) is 24.3 Å². The first-order chi connectivity index (χ1) is 17.7. The molecule has 194 valence electrons. The van der Waals surface area contributed by atoms with Crippen LogP contribution in [0.2, 0.25) is 0 Å². The highest BCUT2D eigenvalue weighted by molar-refractivity contribution is 6.08. The molecule has 7 nitrogen and oxygen atoms in total. The second-order valence-electron chi connectivity index (χ2n) is 9.41. The summed E-state index contributed by atoms with van der Waals surface area (Å²) in [4.78, 5) is 22.0. The molecule has 37 heavy (non-hydrogen) atoms. The van der Waals surface area contributed by atoms with Crippen molar-refractivity contribution < 1.29 is 22.7 Å². The Kier molecular flexibility index (Phi) is 6.43. The van der Waals surface area contributed by atoms with E-state index in [0.29, 0.717) is 17.1 Å². The van der Waals surface area contributed by atoms with E-state index in [1.165, 1.54) is 12.0 Å². The van der Waals surface area contributed by atoms with Gasteiger partial charge in [0.1, 0.15) is 17.3 Å². The predicted molar refractivity (Wildman–Crippen MR) is 136 cm³/mol. The molecule has 2 aliphatic rings. The Morgan fingerprint density at radius 2 is 1.54 bits per heavy atom. The average Bonchev–Trinajstić information content (AvgIpc) is 3.30. The number of methoxy groups -OCH3 is 1. The van der Waals surface area contributed by atoms with Crippen LogP contribution in [0.5, 0.6) is 5.75 Å². The summed E-state index contributed by atoms with van der Waals surface area (Å²) >= 11 is 0. The third-order valence-electron chi connectivity index (χ3n) is 6.68. The monoisotopic (exact) mass is 511 g/mol. The average molecular weight is 512 g/mol. The number of carbonyl (C=O) groups excluding carboxylic acids is 1. The molecule has 0 saturated carbocycles. The second kappa shape index (κ2) is 9.57. The zero-order valence-electron chi connectivity index (χ0n) is 20.9. The van der Waals surface area contributed by atoms with Gasteiger partial charge < -0.3 is 14.5 Å². The van der Waals surface area contributed by atoms with E-state index in [2.05, 4.69) is 28.8 Å². The van der Waals surface area contributed by atoms with E-state index in [-0.39, 0.29) is 30.1 Å². The van der Waals surface area contributed by atoms with Crippen LogP contribution in [0.15, 0.2) is 53.5 Å². The molecule has 0 radical (unpaired) electrons. The summed E-state index contributed by atoms with van der Waals surface area (Å²) in [5.41, 5.74) is 0.778. The zero-order valence-corrected chi connectivity index (χ0v) is 20.9. The fraction of sp³-hybridized carbons (Fsp3) is 0.370. The number of fused-ring (bicyclic) bond motifs is 1. The molecule has 0 atom stereocenters. The lowest BCUT2D eigenvalue weighted by Gasteiger charge is -2.32. The Hall–Kier alpha value is -3.82. The van der Waals surface area contributed by atoms with Crippen molar-refractivity contribution in [3.63, 3.8) is 0 Å². The number of amidine groups is 1. The van der Waals surface area contributed by atoms with Crippen LogP contribution >= 0.6 is 0 Å². The van der Waals surface area contributed by atoms with E-state index in [0.717, 1.165) is 35.7 Å². The summed E-state index contributed by atoms with van der Waals surface area (Å²) in [6.45, 7) is 6.02. The second-order valence-corrected chi connectivity index (χ2v) is 9.41. The maximum Gasteiger partial charge on any atom is 0.435 e. The number of alkyl halides is 3. The minimum Gasteiger partial charge on any atom is -0.497 e. The van der Waals surface area contributed by atoms with Gasteiger partial charge in [-0.2, -0.15) is 18.3 Å². The number of halogens is 3. The highest BCUT2D eigenvalue weighted by atomic mass is 19.4. The molecule has 1 amide bonds. The standard InChI is InChI=1S/C27H28F3N5O2/c1-17(2)25-31-14-4-15-33(25)18-5-7-19(8-6-18)34-16-13-22-23(26(34)36)35(32-24(22)27(28,29)30)20-9-11-21(37-3)12-10-20/h5-12,17H,4,13-16H2,1-3H3. The van der Waals surface area contributed by atoms with Gasteiger partial charge in [-0.1, -0.05) is 13.8 Å². The molecular formula is C27H28F3N5O2. The molecule has 2 aliphatic heterocycles. The third kappa shape index (κ3) is 4.56. The molecule has 0 unspecified atom stereocenters. The van der Waals surface area contributed by atoms with E-state index in [9.17, 15) is 18.0 Å². The van der Waals surface area contributed by atoms with Crippen LogP contribution in [0.3, 0.4) is 0 Å². The normalized spacial score (nSPS) is 16.2. The van der Waals surface area contributed by atoms with Gasteiger partial charge in [-0.05, 0) is 61.4 Å². The van der Waals surface area contributed by atoms with Gasteiger partial charge in [0.25, 0.3) is 5.91 Å². The molecule has 1 aromatic heterocycles. The van der Waals surface area contributed by atoms with Crippen molar-refractivity contribution in [1.82, 2.24) is 9.78 Å². The molecule has 0 N–H and O–H groups in total. The first-order valence-corrected chi connectivity index (χ1v) is 12.3. The number of aliphatic imine (C=N–C) groups is 1. The first kappa shape index (κ1) is 24.9. The molecule has 3 aromatic rings. The molecule has 5 rings (SSSR count). The predicted octanol–water partition coefficient (Wildman–Crippen LogP) is 5.37. The number of nitrogens with zero attached hydrogens (tertiary/aromatic N) is 5. The van der Waals surface area contributed by atoms with Crippen molar-refractivity contribution in [3.8, 4) is 11.4 Å². The molecule has 0 saturated heterocycles. The van der Waals surface area contributed by atoms with Crippen LogP contribution in [-0.4, -0.2) is 48.3 Å². The first-order valence-electron chi connectivity index (χ1n) is 12.3. The lowest BCUT2D eigenvalue weighted by molar-refractivity contribution is -0.141. The van der Waals surface area contributed by atoms with E-state index >= 15 is 0 Å². The fourth-order valence-corrected chi connectivity index (χ4v) is 4.93. The number of ether oxygens (including phenoxy) is 1. The SMILES string of the molecule is COc1ccc(-n2nc(C(F)(F)F)c3c2C(=O)N(c2ccc(N4CCCN=C4C(C)C)cc2)CC3)cc1. The minimum absolute atomic E-state index is 0.0457. The lowest BCUT2D eigenvalue weighted by atomic mass is 10.0. The maximum absolute atomic E-state index is 13.8. The number of carbonyl (C=O) groups is 1. The van der Waals surface area contributed by atoms with Crippen LogP contribution in [-0.2, 0) is 12.6 Å². The Labute approximate surface area is 213 Å². The summed E-state index contributed by atoms with van der Waals surface area (Å²) in [6.07, 6.45) is -3.66. The largest absolute Gasteiger partial charge is 0.497 e. The van der Waals surface area contributed by atoms with Crippen LogP contribution in [0.4, 0.5) is 24.5 Å². The Balaban J connectivity index is 1.50. The lowest BCUT2D eigenvalue weighted by Crippen LogP contribution is -2.40. The number of hydrogen-bond donors (Lipinski definition) is 0. The van der Waals surface area contributed by atoms with Gasteiger partial charge in [-0.15, -0.1) is 0 Å². The molecule has 0 fully saturated rings. The van der Waals surface area contributed by atoms with Crippen molar-refractivity contribution in [2.75, 3.05) is 36.5 Å². The fourth-order valence-electron chi connectivity index (χ4n) is 4.93. The van der Waals surface area contributed by atoms with Crippen molar-refractivity contribution in [1.29, 1.82) is 0 Å². The van der Waals surface area contributed by atoms with Crippen LogP contribution < -0.4 is 14.5 Å². The van der Waals surface area contributed by atoms with Gasteiger partial charge in [0.05, 0.1) is 12.8 Å². The van der Waals surface area contributed by atoms with E-state index < -0.39 is 17.8 Å². The zero-order chi connectivity index (χ0) is 26.3. The highest BCUT2D eigenvalue weighted by Crippen LogP contribution is 2.37. The molecule has 0 spiro atoms. The van der Waals surface area contributed by atoms with Gasteiger partial charge in [0, 0.05) is 42.5 Å². The van der Waals surface area contributed by atoms with Crippen molar-refractivity contribution in [3.05, 3.63) is 65.5 Å². The molecule has 0 aliphatic carbocycles. The van der Waals surface area contributed by atoms with Gasteiger partial charge in [-0.25, -0.2) is 4.68 Å². The highest BCUT2D eigenvalue weighted by Gasteiger charge is 2.43. The summed E-state index contributed by atoms with van der Waals surface area (Å²) in [5.74, 6) is 1.34. The van der Waals surface area contributed by atoms with Crippen LogP contribution in [0, 0.1) is 5.92 Å². The molecule has 2 aromatic carbocycles. The maximum atomic E-state index is 13.8. The van der Waals surface area contributed by atoms with E-state index in [4.69, 9.17) is 4.74 Å². The number of amides is 1. The van der Waals surface area contributed by atoms with Gasteiger partial charge >= 0.3 is 6.18 Å². The number of rotatable bonds is 5. The van der Waals surface area contributed by atoms with Crippen LogP contribution in [0.1, 0.15) is 42.0 Å². The van der Waals surface area contributed by atoms with Gasteiger partial charge in [0.2, 0.25) is 0 Å². The molecular weight excluding hydrogens is 483 g/mol. The number of aromatic nitrogens is 2. The van der Waals surface area contributed by atoms with Crippen molar-refractivity contribution in [2.45, 2.75) is 32.9 Å². The topological polar surface area (TPSA) is 63.0 Å². The molecule has 3 heterocycles. The van der Waals surface area contributed by atoms with Crippen molar-refractivity contribution >= 4 is 23.1 Å². The molecule has 0 bridgehead atoms.